The Morgan fingerprint density at radius 1 is 1.00 bits per heavy atom. The topological polar surface area (TPSA) is 20.2 Å². The molecule has 0 aliphatic heterocycles. The standard InChI is InChI=1S/C16H20O/c17-16-10-15(11-16,13-8-2-1-3-9-13)14(16)12-6-4-5-7-12/h1-3,8-9,12,14,17H,4-7,10-11H2. The molecule has 1 aromatic rings. The predicted octanol–water partition coefficient (Wildman–Crippen LogP) is 3.27. The van der Waals surface area contributed by atoms with E-state index in [4.69, 9.17) is 0 Å². The van der Waals surface area contributed by atoms with Gasteiger partial charge in [-0.2, -0.15) is 0 Å². The molecule has 4 aliphatic carbocycles. The van der Waals surface area contributed by atoms with Crippen LogP contribution in [0.5, 0.6) is 0 Å². The summed E-state index contributed by atoms with van der Waals surface area (Å²) in [4.78, 5) is 0. The van der Waals surface area contributed by atoms with Gasteiger partial charge in [0.1, 0.15) is 0 Å². The molecule has 0 aromatic heterocycles. The maximum Gasteiger partial charge on any atom is 0.0704 e. The van der Waals surface area contributed by atoms with Crippen LogP contribution >= 0.6 is 0 Å². The van der Waals surface area contributed by atoms with Crippen LogP contribution in [0.25, 0.3) is 0 Å². The van der Waals surface area contributed by atoms with Gasteiger partial charge >= 0.3 is 0 Å². The summed E-state index contributed by atoms with van der Waals surface area (Å²) in [6, 6.07) is 10.9. The van der Waals surface area contributed by atoms with Crippen molar-refractivity contribution in [1.29, 1.82) is 0 Å². The first-order chi connectivity index (χ1) is 8.25. The highest BCUT2D eigenvalue weighted by Gasteiger charge is 2.76. The molecule has 1 heteroatoms. The molecular formula is C16H20O. The van der Waals surface area contributed by atoms with Gasteiger partial charge in [-0.05, 0) is 24.3 Å². The molecule has 17 heavy (non-hydrogen) atoms. The SMILES string of the molecule is OC12CC(c3ccccc3)(C1)C2C1CCCC1. The Morgan fingerprint density at radius 3 is 2.24 bits per heavy atom. The third-order valence-electron chi connectivity index (χ3n) is 5.64. The fourth-order valence-corrected chi connectivity index (χ4v) is 5.07. The van der Waals surface area contributed by atoms with E-state index in [0.717, 1.165) is 18.8 Å². The molecule has 0 amide bonds. The minimum absolute atomic E-state index is 0.287. The first kappa shape index (κ1) is 10.1. The molecular weight excluding hydrogens is 208 g/mol. The summed E-state index contributed by atoms with van der Waals surface area (Å²) in [5.74, 6) is 1.36. The maximum absolute atomic E-state index is 10.5. The quantitative estimate of drug-likeness (QED) is 0.823. The van der Waals surface area contributed by atoms with E-state index in [1.165, 1.54) is 31.2 Å². The van der Waals surface area contributed by atoms with E-state index in [0.29, 0.717) is 11.3 Å². The molecule has 1 nitrogen and oxygen atoms in total. The van der Waals surface area contributed by atoms with Gasteiger partial charge in [-0.1, -0.05) is 56.0 Å². The van der Waals surface area contributed by atoms with Gasteiger partial charge in [0.2, 0.25) is 0 Å². The van der Waals surface area contributed by atoms with Gasteiger partial charge in [0.05, 0.1) is 5.60 Å². The van der Waals surface area contributed by atoms with E-state index >= 15 is 0 Å². The fourth-order valence-electron chi connectivity index (χ4n) is 5.07. The van der Waals surface area contributed by atoms with Crippen LogP contribution in [0.15, 0.2) is 30.3 Å². The van der Waals surface area contributed by atoms with Crippen LogP contribution in [0.3, 0.4) is 0 Å². The van der Waals surface area contributed by atoms with E-state index in [1.807, 2.05) is 0 Å². The summed E-state index contributed by atoms with van der Waals surface area (Å²) >= 11 is 0. The van der Waals surface area contributed by atoms with Crippen LogP contribution in [0.4, 0.5) is 0 Å². The molecule has 0 spiro atoms. The van der Waals surface area contributed by atoms with E-state index in [-0.39, 0.29) is 5.60 Å². The molecule has 1 N–H and O–H groups in total. The third kappa shape index (κ3) is 1.14. The Balaban J connectivity index is 1.67. The van der Waals surface area contributed by atoms with E-state index in [1.54, 1.807) is 0 Å². The monoisotopic (exact) mass is 228 g/mol. The second-order valence-electron chi connectivity index (χ2n) is 6.50. The Bertz CT molecular complexity index is 424. The Hall–Kier alpha value is -0.820. The van der Waals surface area contributed by atoms with Crippen molar-refractivity contribution in [3.63, 3.8) is 0 Å². The fraction of sp³-hybridized carbons (Fsp3) is 0.625. The van der Waals surface area contributed by atoms with Crippen LogP contribution < -0.4 is 0 Å². The Morgan fingerprint density at radius 2 is 1.65 bits per heavy atom. The lowest BCUT2D eigenvalue weighted by molar-refractivity contribution is -0.293. The molecule has 1 atom stereocenters. The average molecular weight is 228 g/mol. The third-order valence-corrected chi connectivity index (χ3v) is 5.64. The summed E-state index contributed by atoms with van der Waals surface area (Å²) in [5, 5.41) is 10.5. The predicted molar refractivity (Wildman–Crippen MR) is 67.8 cm³/mol. The Kier molecular flexibility index (Phi) is 1.87. The van der Waals surface area contributed by atoms with Crippen LogP contribution in [0, 0.1) is 11.8 Å². The number of rotatable bonds is 2. The van der Waals surface area contributed by atoms with Crippen molar-refractivity contribution in [2.45, 2.75) is 49.5 Å². The zero-order chi connectivity index (χ0) is 11.5. The lowest BCUT2D eigenvalue weighted by Crippen LogP contribution is -2.79. The van der Waals surface area contributed by atoms with Crippen LogP contribution in [0.2, 0.25) is 0 Å². The van der Waals surface area contributed by atoms with Gasteiger partial charge in [0, 0.05) is 11.3 Å². The molecule has 4 fully saturated rings. The van der Waals surface area contributed by atoms with Crippen molar-refractivity contribution >= 4 is 0 Å². The minimum Gasteiger partial charge on any atom is -0.389 e. The molecule has 0 heterocycles. The van der Waals surface area contributed by atoms with Crippen LogP contribution in [-0.2, 0) is 5.41 Å². The second kappa shape index (κ2) is 3.14. The number of hydrogen-bond donors (Lipinski definition) is 1. The molecule has 0 saturated heterocycles. The highest BCUT2D eigenvalue weighted by atomic mass is 16.3. The van der Waals surface area contributed by atoms with Crippen molar-refractivity contribution < 1.29 is 5.11 Å². The normalized spacial score (nSPS) is 44.2. The lowest BCUT2D eigenvalue weighted by Gasteiger charge is -2.76. The molecule has 4 saturated carbocycles. The van der Waals surface area contributed by atoms with Crippen LogP contribution in [0.1, 0.15) is 44.1 Å². The van der Waals surface area contributed by atoms with Crippen molar-refractivity contribution in [2.75, 3.05) is 0 Å². The number of benzene rings is 1. The zero-order valence-electron chi connectivity index (χ0n) is 10.2. The number of hydrogen-bond acceptors (Lipinski definition) is 1. The molecule has 90 valence electrons. The van der Waals surface area contributed by atoms with Gasteiger partial charge in [0.15, 0.2) is 0 Å². The van der Waals surface area contributed by atoms with Gasteiger partial charge < -0.3 is 5.11 Å². The molecule has 1 aromatic carbocycles. The van der Waals surface area contributed by atoms with Gasteiger partial charge in [-0.3, -0.25) is 0 Å². The van der Waals surface area contributed by atoms with E-state index in [2.05, 4.69) is 30.3 Å². The highest BCUT2D eigenvalue weighted by molar-refractivity contribution is 5.43. The summed E-state index contributed by atoms with van der Waals surface area (Å²) in [6.45, 7) is 0. The van der Waals surface area contributed by atoms with Crippen molar-refractivity contribution in [2.24, 2.45) is 11.8 Å². The largest absolute Gasteiger partial charge is 0.389 e. The van der Waals surface area contributed by atoms with Gasteiger partial charge in [-0.15, -0.1) is 0 Å². The maximum atomic E-state index is 10.5. The number of aliphatic hydroxyl groups is 1. The van der Waals surface area contributed by atoms with E-state index in [9.17, 15) is 5.11 Å². The summed E-state index contributed by atoms with van der Waals surface area (Å²) in [5.41, 5.74) is 1.54. The summed E-state index contributed by atoms with van der Waals surface area (Å²) in [6.07, 6.45) is 7.49. The summed E-state index contributed by atoms with van der Waals surface area (Å²) in [7, 11) is 0. The Labute approximate surface area is 103 Å². The van der Waals surface area contributed by atoms with Gasteiger partial charge in [0.25, 0.3) is 0 Å². The molecule has 2 bridgehead atoms. The lowest BCUT2D eigenvalue weighted by atomic mass is 9.30. The van der Waals surface area contributed by atoms with Crippen molar-refractivity contribution in [3.8, 4) is 0 Å². The first-order valence-corrected chi connectivity index (χ1v) is 7.03. The van der Waals surface area contributed by atoms with E-state index < -0.39 is 0 Å². The average Bonchev–Trinajstić information content (AvgIpc) is 2.78. The van der Waals surface area contributed by atoms with Crippen molar-refractivity contribution in [1.82, 2.24) is 0 Å². The summed E-state index contributed by atoms with van der Waals surface area (Å²) < 4.78 is 0. The molecule has 1 unspecified atom stereocenters. The minimum atomic E-state index is -0.287. The van der Waals surface area contributed by atoms with Crippen molar-refractivity contribution in [3.05, 3.63) is 35.9 Å². The second-order valence-corrected chi connectivity index (χ2v) is 6.50. The smallest absolute Gasteiger partial charge is 0.0704 e. The molecule has 0 radical (unpaired) electrons. The molecule has 5 rings (SSSR count). The van der Waals surface area contributed by atoms with Gasteiger partial charge in [-0.25, -0.2) is 0 Å². The zero-order valence-corrected chi connectivity index (χ0v) is 10.2. The molecule has 4 aliphatic rings. The first-order valence-electron chi connectivity index (χ1n) is 7.03. The highest BCUT2D eigenvalue weighted by Crippen LogP contribution is 2.75. The van der Waals surface area contributed by atoms with Crippen LogP contribution in [-0.4, -0.2) is 10.7 Å².